The molecule has 6 heteroatoms. The van der Waals surface area contributed by atoms with Crippen LogP contribution in [0.1, 0.15) is 110 Å². The van der Waals surface area contributed by atoms with Gasteiger partial charge in [0.05, 0.1) is 11.7 Å². The second-order valence-electron chi connectivity index (χ2n) is 10.1. The fraction of sp³-hybridized carbons (Fsp3) is 0.792. The van der Waals surface area contributed by atoms with Crippen molar-refractivity contribution in [1.82, 2.24) is 14.9 Å². The Kier molecular flexibility index (Phi) is 8.44. The van der Waals surface area contributed by atoms with E-state index in [0.29, 0.717) is 6.42 Å². The van der Waals surface area contributed by atoms with Crippen molar-refractivity contribution in [2.45, 2.75) is 120 Å². The fourth-order valence-corrected chi connectivity index (χ4v) is 5.65. The predicted octanol–water partition coefficient (Wildman–Crippen LogP) is 5.37. The van der Waals surface area contributed by atoms with Gasteiger partial charge in [0.15, 0.2) is 5.16 Å². The first-order valence-electron chi connectivity index (χ1n) is 11.9. The maximum absolute atomic E-state index is 12.8. The van der Waals surface area contributed by atoms with Crippen molar-refractivity contribution < 1.29 is 4.79 Å². The third-order valence-electron chi connectivity index (χ3n) is 6.35. The molecule has 3 rings (SSSR count). The summed E-state index contributed by atoms with van der Waals surface area (Å²) in [7, 11) is 0. The van der Waals surface area contributed by atoms with Crippen molar-refractivity contribution in [3.63, 3.8) is 0 Å². The number of carbonyl (C=O) groups excluding carboxylic acids is 1. The van der Waals surface area contributed by atoms with Gasteiger partial charge in [-0.15, -0.1) is 0 Å². The molecule has 0 aromatic carbocycles. The first-order valence-corrected chi connectivity index (χ1v) is 12.9. The van der Waals surface area contributed by atoms with Crippen molar-refractivity contribution in [2.75, 3.05) is 5.75 Å². The van der Waals surface area contributed by atoms with E-state index in [0.717, 1.165) is 29.4 Å². The van der Waals surface area contributed by atoms with Gasteiger partial charge in [0.25, 0.3) is 5.56 Å². The molecule has 1 atom stereocenters. The summed E-state index contributed by atoms with van der Waals surface area (Å²) in [6, 6.07) is 1.83. The highest BCUT2D eigenvalue weighted by Gasteiger charge is 2.30. The summed E-state index contributed by atoms with van der Waals surface area (Å²) in [5.74, 6) is 0.825. The van der Waals surface area contributed by atoms with Crippen LogP contribution in [0, 0.1) is 0 Å². The lowest BCUT2D eigenvalue weighted by atomic mass is 9.92. The summed E-state index contributed by atoms with van der Waals surface area (Å²) in [5.41, 5.74) is 0.640. The summed E-state index contributed by atoms with van der Waals surface area (Å²) in [6.45, 7) is 6.21. The topological polar surface area (TPSA) is 64.0 Å². The predicted molar refractivity (Wildman–Crippen MR) is 124 cm³/mol. The summed E-state index contributed by atoms with van der Waals surface area (Å²) >= 11 is 1.60. The smallest absolute Gasteiger partial charge is 0.254 e. The maximum Gasteiger partial charge on any atom is 0.254 e. The molecule has 1 amide bonds. The molecular formula is C24H39N3O2S. The first-order chi connectivity index (χ1) is 14.3. The molecule has 1 aromatic rings. The van der Waals surface area contributed by atoms with Crippen LogP contribution >= 0.6 is 11.8 Å². The minimum Gasteiger partial charge on any atom is -0.353 e. The van der Waals surface area contributed by atoms with Gasteiger partial charge >= 0.3 is 0 Å². The molecule has 0 saturated heterocycles. The van der Waals surface area contributed by atoms with Gasteiger partial charge in [-0.25, -0.2) is 4.98 Å². The van der Waals surface area contributed by atoms with Crippen LogP contribution < -0.4 is 10.9 Å². The molecule has 1 aliphatic heterocycles. The van der Waals surface area contributed by atoms with E-state index >= 15 is 0 Å². The van der Waals surface area contributed by atoms with Gasteiger partial charge < -0.3 is 5.32 Å². The molecular weight excluding hydrogens is 394 g/mol. The van der Waals surface area contributed by atoms with Gasteiger partial charge in [0, 0.05) is 29.7 Å². The molecule has 1 saturated carbocycles. The van der Waals surface area contributed by atoms with E-state index in [4.69, 9.17) is 4.98 Å². The van der Waals surface area contributed by atoms with Gasteiger partial charge in [-0.2, -0.15) is 0 Å². The highest BCUT2D eigenvalue weighted by Crippen LogP contribution is 2.33. The molecule has 0 spiro atoms. The van der Waals surface area contributed by atoms with Gasteiger partial charge in [-0.3, -0.25) is 14.2 Å². The summed E-state index contributed by atoms with van der Waals surface area (Å²) in [6.07, 6.45) is 14.2. The lowest BCUT2D eigenvalue weighted by molar-refractivity contribution is -0.122. The zero-order chi connectivity index (χ0) is 21.6. The zero-order valence-corrected chi connectivity index (χ0v) is 19.9. The molecule has 0 radical (unpaired) electrons. The quantitative estimate of drug-likeness (QED) is 0.651. The van der Waals surface area contributed by atoms with Crippen molar-refractivity contribution in [2.24, 2.45) is 0 Å². The number of aromatic nitrogens is 2. The van der Waals surface area contributed by atoms with Gasteiger partial charge in [0.1, 0.15) is 0 Å². The second kappa shape index (κ2) is 10.8. The average molecular weight is 434 g/mol. The Morgan fingerprint density at radius 2 is 1.63 bits per heavy atom. The molecule has 0 bridgehead atoms. The normalized spacial score (nSPS) is 22.0. The lowest BCUT2D eigenvalue weighted by Gasteiger charge is -2.22. The Labute approximate surface area is 185 Å². The number of carbonyl (C=O) groups is 1. The van der Waals surface area contributed by atoms with Crippen molar-refractivity contribution >= 4 is 17.7 Å². The number of amides is 1. The molecule has 1 aliphatic carbocycles. The minimum atomic E-state index is -0.154. The maximum atomic E-state index is 12.8. The SMILES string of the molecule is CC(C)(C)c1cc(=O)n2c(n1)SCC2CC(=O)NC1CCCCCCCCCCC1. The average Bonchev–Trinajstić information content (AvgIpc) is 3.06. The van der Waals surface area contributed by atoms with Crippen molar-refractivity contribution in [3.8, 4) is 0 Å². The number of nitrogens with one attached hydrogen (secondary N) is 1. The summed E-state index contributed by atoms with van der Waals surface area (Å²) in [4.78, 5) is 30.3. The Bertz CT molecular complexity index is 757. The van der Waals surface area contributed by atoms with E-state index < -0.39 is 0 Å². The van der Waals surface area contributed by atoms with E-state index in [9.17, 15) is 9.59 Å². The minimum absolute atomic E-state index is 0.0290. The molecule has 168 valence electrons. The number of thioether (sulfide) groups is 1. The van der Waals surface area contributed by atoms with Crippen LogP contribution in [0.2, 0.25) is 0 Å². The Balaban J connectivity index is 1.59. The van der Waals surface area contributed by atoms with Crippen LogP contribution in [0.4, 0.5) is 0 Å². The highest BCUT2D eigenvalue weighted by molar-refractivity contribution is 7.99. The number of rotatable bonds is 3. The monoisotopic (exact) mass is 433 g/mol. The Morgan fingerprint density at radius 1 is 1.07 bits per heavy atom. The fourth-order valence-electron chi connectivity index (χ4n) is 4.50. The summed E-state index contributed by atoms with van der Waals surface area (Å²) in [5, 5.41) is 4.06. The van der Waals surface area contributed by atoms with E-state index in [2.05, 4.69) is 26.1 Å². The van der Waals surface area contributed by atoms with E-state index in [1.165, 1.54) is 57.8 Å². The molecule has 1 fully saturated rings. The zero-order valence-electron chi connectivity index (χ0n) is 19.0. The highest BCUT2D eigenvalue weighted by atomic mass is 32.2. The van der Waals surface area contributed by atoms with Crippen LogP contribution in [0.15, 0.2) is 16.0 Å². The number of fused-ring (bicyclic) bond motifs is 1. The molecule has 30 heavy (non-hydrogen) atoms. The number of nitrogens with zero attached hydrogens (tertiary/aromatic N) is 2. The lowest BCUT2D eigenvalue weighted by Crippen LogP contribution is -2.37. The van der Waals surface area contributed by atoms with Crippen LogP contribution in [0.3, 0.4) is 0 Å². The van der Waals surface area contributed by atoms with Crippen LogP contribution in [0.25, 0.3) is 0 Å². The third-order valence-corrected chi connectivity index (χ3v) is 7.45. The van der Waals surface area contributed by atoms with E-state index in [1.807, 2.05) is 0 Å². The van der Waals surface area contributed by atoms with Crippen molar-refractivity contribution in [3.05, 3.63) is 22.1 Å². The molecule has 1 N–H and O–H groups in total. The first kappa shape index (κ1) is 23.4. The second-order valence-corrected chi connectivity index (χ2v) is 11.1. The number of hydrogen-bond acceptors (Lipinski definition) is 4. The van der Waals surface area contributed by atoms with Crippen LogP contribution in [-0.4, -0.2) is 27.3 Å². The Morgan fingerprint density at radius 3 is 2.20 bits per heavy atom. The van der Waals surface area contributed by atoms with Crippen LogP contribution in [-0.2, 0) is 10.2 Å². The molecule has 1 aromatic heterocycles. The van der Waals surface area contributed by atoms with Gasteiger partial charge in [-0.1, -0.05) is 90.3 Å². The van der Waals surface area contributed by atoms with Gasteiger partial charge in [-0.05, 0) is 12.8 Å². The standard InChI is InChI=1S/C24H39N3O2S/c1-24(2,3)20-16-22(29)27-19(17-30-23(27)26-20)15-21(28)25-18-13-11-9-7-5-4-6-8-10-12-14-18/h16,18-19H,4-15,17H2,1-3H3,(H,25,28). The summed E-state index contributed by atoms with van der Waals surface area (Å²) < 4.78 is 1.74. The third kappa shape index (κ3) is 6.60. The molecule has 2 aliphatic rings. The largest absolute Gasteiger partial charge is 0.353 e. The van der Waals surface area contributed by atoms with Crippen LogP contribution in [0.5, 0.6) is 0 Å². The van der Waals surface area contributed by atoms with Gasteiger partial charge in [0.2, 0.25) is 5.91 Å². The molecule has 5 nitrogen and oxygen atoms in total. The Hall–Kier alpha value is -1.30. The van der Waals surface area contributed by atoms with E-state index in [1.54, 1.807) is 22.4 Å². The molecule has 2 heterocycles. The van der Waals surface area contributed by atoms with Crippen molar-refractivity contribution in [1.29, 1.82) is 0 Å². The molecule has 1 unspecified atom stereocenters. The number of hydrogen-bond donors (Lipinski definition) is 1. The van der Waals surface area contributed by atoms with E-state index in [-0.39, 0.29) is 29.0 Å².